The molecule has 2 aromatic carbocycles. The maximum Gasteiger partial charge on any atom is 0.341 e. The van der Waals surface area contributed by atoms with Gasteiger partial charge in [0.25, 0.3) is 11.6 Å². The molecule has 0 saturated heterocycles. The minimum absolute atomic E-state index is 0.00344. The van der Waals surface area contributed by atoms with E-state index in [-0.39, 0.29) is 42.1 Å². The lowest BCUT2D eigenvalue weighted by atomic mass is 9.96. The van der Waals surface area contributed by atoms with E-state index in [1.54, 1.807) is 24.3 Å². The van der Waals surface area contributed by atoms with Gasteiger partial charge in [0.15, 0.2) is 0 Å². The second-order valence-corrected chi connectivity index (χ2v) is 11.8. The molecule has 4 unspecified atom stereocenters. The predicted octanol–water partition coefficient (Wildman–Crippen LogP) is 5.93. The number of rotatable bonds is 20. The van der Waals surface area contributed by atoms with Crippen LogP contribution >= 0.6 is 0 Å². The van der Waals surface area contributed by atoms with Gasteiger partial charge in [-0.2, -0.15) is 0 Å². The number of carbonyl (C=O) groups is 4. The summed E-state index contributed by atoms with van der Waals surface area (Å²) in [6, 6.07) is 12.1. The van der Waals surface area contributed by atoms with E-state index in [0.29, 0.717) is 37.2 Å². The van der Waals surface area contributed by atoms with E-state index in [4.69, 9.17) is 28.4 Å². The van der Waals surface area contributed by atoms with Crippen molar-refractivity contribution in [3.63, 3.8) is 0 Å². The molecule has 0 fully saturated rings. The molecule has 12 heteroatoms. The highest BCUT2D eigenvalue weighted by molar-refractivity contribution is 5.91. The van der Waals surface area contributed by atoms with E-state index in [0.717, 1.165) is 43.2 Å². The number of carbonyl (C=O) groups excluding carboxylic acids is 4. The molecule has 0 saturated carbocycles. The Morgan fingerprint density at radius 3 is 1.51 bits per heavy atom. The summed E-state index contributed by atoms with van der Waals surface area (Å²) in [7, 11) is 0. The average molecular weight is 707 g/mol. The van der Waals surface area contributed by atoms with Crippen LogP contribution in [0.5, 0.6) is 11.5 Å². The number of aliphatic hydroxyl groups is 2. The Labute approximate surface area is 297 Å². The number of hydrogen-bond acceptors (Lipinski definition) is 12. The van der Waals surface area contributed by atoms with Crippen LogP contribution in [0.25, 0.3) is 0 Å². The quantitative estimate of drug-likeness (QED) is 0.0550. The van der Waals surface area contributed by atoms with Gasteiger partial charge in [0, 0.05) is 30.6 Å². The van der Waals surface area contributed by atoms with Crippen LogP contribution in [0.2, 0.25) is 0 Å². The molecule has 274 valence electrons. The zero-order chi connectivity index (χ0) is 37.4. The lowest BCUT2D eigenvalue weighted by molar-refractivity contribution is -0.144. The average Bonchev–Trinajstić information content (AvgIpc) is 3.10. The van der Waals surface area contributed by atoms with Gasteiger partial charge in [-0.15, -0.1) is 0 Å². The summed E-state index contributed by atoms with van der Waals surface area (Å²) in [6.45, 7) is 12.7. The van der Waals surface area contributed by atoms with Crippen LogP contribution in [0.3, 0.4) is 0 Å². The Bertz CT molecular complexity index is 1580. The summed E-state index contributed by atoms with van der Waals surface area (Å²) < 4.78 is 32.7. The van der Waals surface area contributed by atoms with E-state index in [2.05, 4.69) is 13.2 Å². The Balaban J connectivity index is 1.52. The molecule has 0 spiro atoms. The molecule has 0 aromatic heterocycles. The van der Waals surface area contributed by atoms with Crippen molar-refractivity contribution in [2.75, 3.05) is 13.2 Å². The Morgan fingerprint density at radius 2 is 1.12 bits per heavy atom. The first-order valence-electron chi connectivity index (χ1n) is 16.8. The van der Waals surface area contributed by atoms with Crippen LogP contribution in [0.1, 0.15) is 80.0 Å². The van der Waals surface area contributed by atoms with Crippen LogP contribution in [0, 0.1) is 0 Å². The second kappa shape index (κ2) is 19.3. The van der Waals surface area contributed by atoms with Crippen molar-refractivity contribution in [1.82, 2.24) is 0 Å². The fourth-order valence-corrected chi connectivity index (χ4v) is 5.00. The smallest absolute Gasteiger partial charge is 0.341 e. The highest BCUT2D eigenvalue weighted by Crippen LogP contribution is 2.32. The molecule has 0 heterocycles. The van der Waals surface area contributed by atoms with Gasteiger partial charge in [-0.1, -0.05) is 39.8 Å². The summed E-state index contributed by atoms with van der Waals surface area (Å²) in [5, 5.41) is 22.0. The fourth-order valence-electron chi connectivity index (χ4n) is 5.00. The molecule has 1 aliphatic rings. The highest BCUT2D eigenvalue weighted by Gasteiger charge is 2.41. The van der Waals surface area contributed by atoms with Crippen molar-refractivity contribution in [3.05, 3.63) is 109 Å². The molecule has 0 radical (unpaired) electrons. The Kier molecular flexibility index (Phi) is 15.2. The largest absolute Gasteiger partial charge is 0.493 e. The SMILES string of the molecule is C=CC(=O)OC(CCC)CCOc1ccc(C(=O)OC2(O)C=CC(O)(OC(=O)c3ccc(OCCC(CCC)OC(=O)C=C)cc3)C(C)=C2)cc1. The number of esters is 4. The zero-order valence-electron chi connectivity index (χ0n) is 29.2. The van der Waals surface area contributed by atoms with Gasteiger partial charge in [0.05, 0.1) is 24.3 Å². The Hall–Kier alpha value is -5.20. The molecule has 0 amide bonds. The standard InChI is InChI=1S/C39H46O12/c1-6-10-32(48-34(40)8-3)20-24-46-30-16-12-28(13-17-30)36(42)50-38(44)22-23-39(45,27(5)26-38)51-37(43)29-14-18-31(19-15-29)47-25-21-33(11-7-2)49-35(41)9-4/h8-9,12-19,22-23,26,32-33,44-45H,3-4,6-7,10-11,20-21,24-25H2,1-2,5H3. The second-order valence-electron chi connectivity index (χ2n) is 11.8. The molecule has 2 N–H and O–H groups in total. The van der Waals surface area contributed by atoms with Gasteiger partial charge >= 0.3 is 23.9 Å². The third-order valence-electron chi connectivity index (χ3n) is 7.76. The van der Waals surface area contributed by atoms with Crippen LogP contribution in [-0.2, 0) is 28.5 Å². The first-order valence-corrected chi connectivity index (χ1v) is 16.8. The maximum atomic E-state index is 12.9. The van der Waals surface area contributed by atoms with E-state index >= 15 is 0 Å². The van der Waals surface area contributed by atoms with Crippen molar-refractivity contribution in [2.45, 2.75) is 83.1 Å². The molecule has 4 atom stereocenters. The van der Waals surface area contributed by atoms with Crippen LogP contribution in [-0.4, -0.2) is 71.1 Å². The molecule has 2 aromatic rings. The first kappa shape index (κ1) is 40.2. The van der Waals surface area contributed by atoms with Crippen molar-refractivity contribution in [2.24, 2.45) is 0 Å². The summed E-state index contributed by atoms with van der Waals surface area (Å²) in [5.41, 5.74) is 0.240. The Morgan fingerprint density at radius 1 is 0.686 bits per heavy atom. The number of hydrogen-bond donors (Lipinski definition) is 2. The molecular formula is C39H46O12. The molecule has 51 heavy (non-hydrogen) atoms. The molecule has 1 aliphatic carbocycles. The lowest BCUT2D eigenvalue weighted by Gasteiger charge is -2.33. The molecular weight excluding hydrogens is 660 g/mol. The minimum atomic E-state index is -2.23. The number of benzene rings is 2. The normalized spacial score (nSPS) is 19.0. The molecule has 3 rings (SSSR count). The van der Waals surface area contributed by atoms with Crippen LogP contribution in [0.4, 0.5) is 0 Å². The topological polar surface area (TPSA) is 164 Å². The van der Waals surface area contributed by atoms with Crippen molar-refractivity contribution >= 4 is 23.9 Å². The molecule has 12 nitrogen and oxygen atoms in total. The monoisotopic (exact) mass is 706 g/mol. The highest BCUT2D eigenvalue weighted by atomic mass is 16.7. The van der Waals surface area contributed by atoms with Gasteiger partial charge in [0.2, 0.25) is 0 Å². The zero-order valence-corrected chi connectivity index (χ0v) is 29.2. The van der Waals surface area contributed by atoms with Gasteiger partial charge in [-0.25, -0.2) is 19.2 Å². The van der Waals surface area contributed by atoms with Gasteiger partial charge < -0.3 is 38.6 Å². The molecule has 0 aliphatic heterocycles. The maximum absolute atomic E-state index is 12.9. The summed E-state index contributed by atoms with van der Waals surface area (Å²) in [4.78, 5) is 48.8. The third kappa shape index (κ3) is 12.6. The van der Waals surface area contributed by atoms with E-state index in [1.807, 2.05) is 13.8 Å². The minimum Gasteiger partial charge on any atom is -0.493 e. The fraction of sp³-hybridized carbons (Fsp3) is 0.385. The van der Waals surface area contributed by atoms with Gasteiger partial charge in [-0.3, -0.25) is 0 Å². The van der Waals surface area contributed by atoms with E-state index in [1.165, 1.54) is 31.2 Å². The van der Waals surface area contributed by atoms with Gasteiger partial charge in [0.1, 0.15) is 23.7 Å². The molecule has 0 bridgehead atoms. The van der Waals surface area contributed by atoms with Crippen LogP contribution < -0.4 is 9.47 Å². The summed E-state index contributed by atoms with van der Waals surface area (Å²) in [5.74, 6) is -6.20. The predicted molar refractivity (Wildman–Crippen MR) is 187 cm³/mol. The number of ether oxygens (including phenoxy) is 6. The van der Waals surface area contributed by atoms with E-state index < -0.39 is 35.5 Å². The first-order chi connectivity index (χ1) is 24.3. The van der Waals surface area contributed by atoms with Gasteiger partial charge in [-0.05, 0) is 86.5 Å². The van der Waals surface area contributed by atoms with Crippen LogP contribution in [0.15, 0.2) is 97.6 Å². The summed E-state index contributed by atoms with van der Waals surface area (Å²) >= 11 is 0. The van der Waals surface area contributed by atoms with Crippen molar-refractivity contribution in [1.29, 1.82) is 0 Å². The van der Waals surface area contributed by atoms with Crippen molar-refractivity contribution in [3.8, 4) is 11.5 Å². The van der Waals surface area contributed by atoms with Crippen molar-refractivity contribution < 1.29 is 57.8 Å². The lowest BCUT2D eigenvalue weighted by Crippen LogP contribution is -2.42. The third-order valence-corrected chi connectivity index (χ3v) is 7.76. The summed E-state index contributed by atoms with van der Waals surface area (Å²) in [6.07, 6.45) is 8.70. The van der Waals surface area contributed by atoms with E-state index in [9.17, 15) is 29.4 Å².